The first kappa shape index (κ1) is 15.1. The van der Waals surface area contributed by atoms with Gasteiger partial charge in [-0.15, -0.1) is 0 Å². The molecule has 2 N–H and O–H groups in total. The molecule has 0 saturated carbocycles. The minimum absolute atomic E-state index is 0.0345. The Kier molecular flexibility index (Phi) is 5.99. The summed E-state index contributed by atoms with van der Waals surface area (Å²) in [7, 11) is 0. The van der Waals surface area contributed by atoms with Gasteiger partial charge >= 0.3 is 0 Å². The number of carbonyl (C=O) groups is 2. The van der Waals surface area contributed by atoms with Crippen molar-refractivity contribution in [2.45, 2.75) is 20.3 Å². The lowest BCUT2D eigenvalue weighted by atomic mass is 10.1. The second-order valence-electron chi connectivity index (χ2n) is 4.60. The van der Waals surface area contributed by atoms with Crippen LogP contribution >= 0.6 is 0 Å². The van der Waals surface area contributed by atoms with Gasteiger partial charge in [0.05, 0.1) is 6.42 Å². The van der Waals surface area contributed by atoms with E-state index in [9.17, 15) is 14.0 Å². The standard InChI is InChI=1S/C14H19FN2O2/c1-10(2)14(19)17-8-7-16-13(18)9-11-3-5-12(15)6-4-11/h3-6,10H,7-9H2,1-2H3,(H,16,18)(H,17,19). The van der Waals surface area contributed by atoms with E-state index in [0.717, 1.165) is 5.56 Å². The first-order chi connectivity index (χ1) is 8.99. The first-order valence-electron chi connectivity index (χ1n) is 6.28. The predicted octanol–water partition coefficient (Wildman–Crippen LogP) is 1.26. The van der Waals surface area contributed by atoms with Gasteiger partial charge in [-0.2, -0.15) is 0 Å². The van der Waals surface area contributed by atoms with Crippen molar-refractivity contribution in [3.05, 3.63) is 35.6 Å². The molecule has 0 radical (unpaired) electrons. The Labute approximate surface area is 112 Å². The molecule has 0 aliphatic rings. The summed E-state index contributed by atoms with van der Waals surface area (Å²) in [6.45, 7) is 4.41. The third-order valence-electron chi connectivity index (χ3n) is 2.55. The van der Waals surface area contributed by atoms with Gasteiger partial charge in [0.15, 0.2) is 0 Å². The van der Waals surface area contributed by atoms with Crippen molar-refractivity contribution in [3.8, 4) is 0 Å². The van der Waals surface area contributed by atoms with Crippen LogP contribution in [0.4, 0.5) is 4.39 Å². The Morgan fingerprint density at radius 3 is 2.26 bits per heavy atom. The van der Waals surface area contributed by atoms with Gasteiger partial charge in [0.2, 0.25) is 11.8 Å². The van der Waals surface area contributed by atoms with Crippen molar-refractivity contribution in [2.75, 3.05) is 13.1 Å². The van der Waals surface area contributed by atoms with Crippen LogP contribution in [0.3, 0.4) is 0 Å². The van der Waals surface area contributed by atoms with Crippen LogP contribution in [0.1, 0.15) is 19.4 Å². The molecule has 0 bridgehead atoms. The van der Waals surface area contributed by atoms with Crippen LogP contribution in [0.5, 0.6) is 0 Å². The van der Waals surface area contributed by atoms with E-state index in [4.69, 9.17) is 0 Å². The molecule has 0 aliphatic heterocycles. The molecular formula is C14H19FN2O2. The normalized spacial score (nSPS) is 10.3. The summed E-state index contributed by atoms with van der Waals surface area (Å²) < 4.78 is 12.7. The van der Waals surface area contributed by atoms with E-state index in [1.165, 1.54) is 12.1 Å². The maximum Gasteiger partial charge on any atom is 0.224 e. The second-order valence-corrected chi connectivity index (χ2v) is 4.60. The fourth-order valence-corrected chi connectivity index (χ4v) is 1.44. The lowest BCUT2D eigenvalue weighted by Crippen LogP contribution is -2.36. The van der Waals surface area contributed by atoms with E-state index in [1.54, 1.807) is 12.1 Å². The molecule has 1 aromatic carbocycles. The molecule has 0 saturated heterocycles. The molecule has 1 aromatic rings. The van der Waals surface area contributed by atoms with Crippen molar-refractivity contribution in [2.24, 2.45) is 5.92 Å². The number of hydrogen-bond donors (Lipinski definition) is 2. The van der Waals surface area contributed by atoms with Crippen LogP contribution in [0.15, 0.2) is 24.3 Å². The number of carbonyl (C=O) groups excluding carboxylic acids is 2. The molecule has 0 heterocycles. The quantitative estimate of drug-likeness (QED) is 0.761. The summed E-state index contributed by atoms with van der Waals surface area (Å²) in [5, 5.41) is 5.40. The largest absolute Gasteiger partial charge is 0.354 e. The molecule has 0 fully saturated rings. The van der Waals surface area contributed by atoms with E-state index in [1.807, 2.05) is 13.8 Å². The van der Waals surface area contributed by atoms with Gasteiger partial charge in [-0.05, 0) is 17.7 Å². The maximum absolute atomic E-state index is 12.7. The maximum atomic E-state index is 12.7. The fraction of sp³-hybridized carbons (Fsp3) is 0.429. The molecule has 0 spiro atoms. The van der Waals surface area contributed by atoms with Gasteiger partial charge < -0.3 is 10.6 Å². The highest BCUT2D eigenvalue weighted by molar-refractivity contribution is 5.79. The fourth-order valence-electron chi connectivity index (χ4n) is 1.44. The van der Waals surface area contributed by atoms with Crippen LogP contribution in [-0.2, 0) is 16.0 Å². The number of benzene rings is 1. The molecule has 1 rings (SSSR count). The summed E-state index contributed by atoms with van der Waals surface area (Å²) in [6.07, 6.45) is 0.207. The zero-order valence-corrected chi connectivity index (χ0v) is 11.2. The third kappa shape index (κ3) is 5.99. The second kappa shape index (κ2) is 7.51. The van der Waals surface area contributed by atoms with E-state index in [0.29, 0.717) is 13.1 Å². The molecule has 104 valence electrons. The van der Waals surface area contributed by atoms with E-state index >= 15 is 0 Å². The third-order valence-corrected chi connectivity index (χ3v) is 2.55. The molecule has 2 amide bonds. The summed E-state index contributed by atoms with van der Waals surface area (Å²) >= 11 is 0. The monoisotopic (exact) mass is 266 g/mol. The van der Waals surface area contributed by atoms with Gasteiger partial charge in [0, 0.05) is 19.0 Å². The lowest BCUT2D eigenvalue weighted by Gasteiger charge is -2.08. The summed E-state index contributed by atoms with van der Waals surface area (Å²) in [4.78, 5) is 22.8. The Morgan fingerprint density at radius 1 is 1.11 bits per heavy atom. The minimum atomic E-state index is -0.319. The summed E-state index contributed by atoms with van der Waals surface area (Å²) in [6, 6.07) is 5.81. The molecule has 19 heavy (non-hydrogen) atoms. The molecule has 0 atom stereocenters. The van der Waals surface area contributed by atoms with Gasteiger partial charge in [-0.25, -0.2) is 4.39 Å². The molecule has 0 unspecified atom stereocenters. The molecule has 4 nitrogen and oxygen atoms in total. The predicted molar refractivity (Wildman–Crippen MR) is 71.0 cm³/mol. The summed E-state index contributed by atoms with van der Waals surface area (Å²) in [5.74, 6) is -0.561. The van der Waals surface area contributed by atoms with E-state index in [-0.39, 0.29) is 30.0 Å². The highest BCUT2D eigenvalue weighted by atomic mass is 19.1. The SMILES string of the molecule is CC(C)C(=O)NCCNC(=O)Cc1ccc(F)cc1. The van der Waals surface area contributed by atoms with Crippen LogP contribution in [-0.4, -0.2) is 24.9 Å². The van der Waals surface area contributed by atoms with Crippen LogP contribution < -0.4 is 10.6 Å². The number of amides is 2. The van der Waals surface area contributed by atoms with Crippen molar-refractivity contribution < 1.29 is 14.0 Å². The highest BCUT2D eigenvalue weighted by Gasteiger charge is 2.06. The van der Waals surface area contributed by atoms with Crippen LogP contribution in [0, 0.1) is 11.7 Å². The smallest absolute Gasteiger partial charge is 0.224 e. The minimum Gasteiger partial charge on any atom is -0.354 e. The number of nitrogens with one attached hydrogen (secondary N) is 2. The zero-order chi connectivity index (χ0) is 14.3. The van der Waals surface area contributed by atoms with Crippen molar-refractivity contribution in [3.63, 3.8) is 0 Å². The van der Waals surface area contributed by atoms with Gasteiger partial charge in [-0.1, -0.05) is 26.0 Å². The van der Waals surface area contributed by atoms with Crippen LogP contribution in [0.25, 0.3) is 0 Å². The lowest BCUT2D eigenvalue weighted by molar-refractivity contribution is -0.124. The van der Waals surface area contributed by atoms with Gasteiger partial charge in [0.1, 0.15) is 5.82 Å². The molecule has 0 aromatic heterocycles. The molecular weight excluding hydrogens is 247 g/mol. The van der Waals surface area contributed by atoms with Crippen LogP contribution in [0.2, 0.25) is 0 Å². The summed E-state index contributed by atoms with van der Waals surface area (Å²) in [5.41, 5.74) is 0.755. The Hall–Kier alpha value is -1.91. The Bertz CT molecular complexity index is 430. The number of rotatable bonds is 6. The van der Waals surface area contributed by atoms with Crippen molar-refractivity contribution in [1.29, 1.82) is 0 Å². The first-order valence-corrected chi connectivity index (χ1v) is 6.28. The number of halogens is 1. The average Bonchev–Trinajstić information content (AvgIpc) is 2.37. The van der Waals surface area contributed by atoms with Gasteiger partial charge in [0.25, 0.3) is 0 Å². The molecule has 5 heteroatoms. The highest BCUT2D eigenvalue weighted by Crippen LogP contribution is 2.03. The zero-order valence-electron chi connectivity index (χ0n) is 11.2. The molecule has 0 aliphatic carbocycles. The van der Waals surface area contributed by atoms with Crippen molar-refractivity contribution in [1.82, 2.24) is 10.6 Å². The van der Waals surface area contributed by atoms with E-state index in [2.05, 4.69) is 10.6 Å². The van der Waals surface area contributed by atoms with Gasteiger partial charge in [-0.3, -0.25) is 9.59 Å². The van der Waals surface area contributed by atoms with E-state index < -0.39 is 0 Å². The average molecular weight is 266 g/mol. The topological polar surface area (TPSA) is 58.2 Å². The Morgan fingerprint density at radius 2 is 1.68 bits per heavy atom. The Balaban J connectivity index is 2.21. The van der Waals surface area contributed by atoms with Crippen molar-refractivity contribution >= 4 is 11.8 Å². The number of hydrogen-bond acceptors (Lipinski definition) is 2.